The summed E-state index contributed by atoms with van der Waals surface area (Å²) in [7, 11) is 4.75. The van der Waals surface area contributed by atoms with Crippen molar-refractivity contribution in [2.45, 2.75) is 13.8 Å². The molecule has 2 aromatic rings. The Labute approximate surface area is 183 Å². The maximum atomic E-state index is 7.50. The van der Waals surface area contributed by atoms with E-state index in [4.69, 9.17) is 27.1 Å². The van der Waals surface area contributed by atoms with Gasteiger partial charge in [-0.25, -0.2) is 24.3 Å². The summed E-state index contributed by atoms with van der Waals surface area (Å²) < 4.78 is 30.0. The molecule has 0 heterocycles. The van der Waals surface area contributed by atoms with Crippen molar-refractivity contribution in [3.8, 4) is 0 Å². The molecule has 130 valence electrons. The minimum atomic E-state index is 0. The van der Waals surface area contributed by atoms with Gasteiger partial charge in [0.2, 0.25) is 0 Å². The quantitative estimate of drug-likeness (QED) is 0.244. The fourth-order valence-corrected chi connectivity index (χ4v) is 0.940. The molecule has 0 fully saturated rings. The topological polar surface area (TPSA) is 79.6 Å². The van der Waals surface area contributed by atoms with Gasteiger partial charge in [-0.05, 0) is 0 Å². The van der Waals surface area contributed by atoms with Crippen molar-refractivity contribution in [1.82, 2.24) is 0 Å². The SMILES string of the molecule is Cc1ccc[cH-]1.Cc1ccc[cH-]1.[C-]#[O+].[C-]#[O+].[C-]#[O+].[C-]#[O+].[Cl][Bi].[Mn].[Mn]. The first-order chi connectivity index (χ1) is 10.8. The van der Waals surface area contributed by atoms with E-state index in [-0.39, 0.29) is 34.1 Å². The molecule has 0 N–H and O–H groups in total. The van der Waals surface area contributed by atoms with Gasteiger partial charge >= 0.3 is 77.2 Å². The molecule has 0 bridgehead atoms. The van der Waals surface area contributed by atoms with E-state index in [0.29, 0.717) is 0 Å². The van der Waals surface area contributed by atoms with Crippen LogP contribution in [0.3, 0.4) is 0 Å². The molecule has 0 atom stereocenters. The van der Waals surface area contributed by atoms with Crippen LogP contribution in [0.1, 0.15) is 11.1 Å². The number of halogens is 1. The molecule has 8 heteroatoms. The summed E-state index contributed by atoms with van der Waals surface area (Å²) in [6.45, 7) is 22.2. The molecule has 2 rings (SSSR count). The van der Waals surface area contributed by atoms with Crippen LogP contribution in [-0.4, -0.2) is 23.5 Å². The van der Waals surface area contributed by atoms with E-state index in [9.17, 15) is 0 Å². The third-order valence-corrected chi connectivity index (χ3v) is 1.66. The first-order valence-corrected chi connectivity index (χ1v) is 9.42. The van der Waals surface area contributed by atoms with Gasteiger partial charge in [0.1, 0.15) is 0 Å². The fourth-order valence-electron chi connectivity index (χ4n) is 0.940. The minimum absolute atomic E-state index is 0. The summed E-state index contributed by atoms with van der Waals surface area (Å²) >= 11 is 0.917. The molecule has 0 unspecified atom stereocenters. The predicted molar refractivity (Wildman–Crippen MR) is 80.9 cm³/mol. The van der Waals surface area contributed by atoms with Gasteiger partial charge in [-0.3, -0.25) is 0 Å². The Kier molecular flexibility index (Phi) is 104. The Morgan fingerprint density at radius 3 is 0.958 bits per heavy atom. The summed E-state index contributed by atoms with van der Waals surface area (Å²) in [5.74, 6) is 0. The van der Waals surface area contributed by atoms with Crippen molar-refractivity contribution in [3.05, 3.63) is 86.3 Å². The fraction of sp³-hybridized carbons (Fsp3) is 0.125. The van der Waals surface area contributed by atoms with Gasteiger partial charge in [0.25, 0.3) is 0 Å². The summed E-state index contributed by atoms with van der Waals surface area (Å²) in [5, 5.41) is 0. The van der Waals surface area contributed by atoms with Gasteiger partial charge in [-0.1, -0.05) is 13.8 Å². The molecule has 0 aliphatic heterocycles. The molecule has 24 heavy (non-hydrogen) atoms. The molecular weight excluding hydrogens is 610 g/mol. The first kappa shape index (κ1) is 43.9. The molecular formula is C16H14BiClMn2O4-2. The van der Waals surface area contributed by atoms with Crippen LogP contribution in [0.5, 0.6) is 0 Å². The molecule has 0 saturated carbocycles. The maximum absolute atomic E-state index is 7.50. The van der Waals surface area contributed by atoms with Crippen LogP contribution >= 0.6 is 8.51 Å². The number of rotatable bonds is 0. The van der Waals surface area contributed by atoms with Crippen molar-refractivity contribution < 1.29 is 52.7 Å². The van der Waals surface area contributed by atoms with Crippen molar-refractivity contribution in [2.75, 3.05) is 0 Å². The smallest absolute Gasteiger partial charge is 0 e. The van der Waals surface area contributed by atoms with Crippen LogP contribution in [0.15, 0.2) is 48.5 Å². The normalized spacial score (nSPS) is 5.00. The molecule has 0 aromatic heterocycles. The van der Waals surface area contributed by atoms with Crippen LogP contribution in [0, 0.1) is 40.4 Å². The van der Waals surface area contributed by atoms with Crippen LogP contribution in [0.4, 0.5) is 0 Å². The van der Waals surface area contributed by atoms with Crippen molar-refractivity contribution in [1.29, 1.82) is 0 Å². The molecule has 0 aliphatic carbocycles. The Hall–Kier alpha value is -0.128. The average molecular weight is 625 g/mol. The van der Waals surface area contributed by atoms with E-state index in [2.05, 4.69) is 64.7 Å². The van der Waals surface area contributed by atoms with E-state index in [1.807, 2.05) is 24.3 Å². The summed E-state index contributed by atoms with van der Waals surface area (Å²) in [4.78, 5) is 0. The first-order valence-electron chi connectivity index (χ1n) is 5.14. The minimum Gasteiger partial charge on any atom is 0 e. The third kappa shape index (κ3) is 49.5. The van der Waals surface area contributed by atoms with Crippen molar-refractivity contribution in [3.63, 3.8) is 0 Å². The zero-order valence-electron chi connectivity index (χ0n) is 12.8. The average Bonchev–Trinajstić information content (AvgIpc) is 3.31. The largest absolute Gasteiger partial charge is 0 e. The van der Waals surface area contributed by atoms with Gasteiger partial charge in [-0.2, -0.15) is 35.4 Å². The second-order valence-corrected chi connectivity index (χ2v) is 2.92. The Balaban J connectivity index is -0.0000000304. The van der Waals surface area contributed by atoms with Gasteiger partial charge in [-0.15, -0.1) is 0 Å². The summed E-state index contributed by atoms with van der Waals surface area (Å²) in [5.41, 5.74) is 2.69. The molecule has 4 nitrogen and oxygen atoms in total. The molecule has 2 aromatic carbocycles. The zero-order chi connectivity index (χ0) is 18.8. The number of aryl methyl sites for hydroxylation is 2. The van der Waals surface area contributed by atoms with E-state index >= 15 is 0 Å². The standard InChI is InChI=1S/2C6H7.4CO.Bi.ClH.2Mn/c2*1-6-4-2-3-5-6;4*1-2;;;;/h2*2-5H,1H3;;;;;;1H;;/q2*-1;;;;;+1;;;/p-1. The Morgan fingerprint density at radius 1 is 0.708 bits per heavy atom. The van der Waals surface area contributed by atoms with Gasteiger partial charge in [0.15, 0.2) is 0 Å². The summed E-state index contributed by atoms with van der Waals surface area (Å²) in [6, 6.07) is 16.5. The number of hydrogen-bond acceptors (Lipinski definition) is 0. The monoisotopic (exact) mass is 624 g/mol. The van der Waals surface area contributed by atoms with E-state index in [1.165, 1.54) is 11.1 Å². The molecule has 0 saturated heterocycles. The van der Waals surface area contributed by atoms with E-state index in [1.54, 1.807) is 0 Å². The Morgan fingerprint density at radius 2 is 0.917 bits per heavy atom. The van der Waals surface area contributed by atoms with Crippen LogP contribution in [0.2, 0.25) is 0 Å². The predicted octanol–water partition coefficient (Wildman–Crippen LogP) is 3.58. The van der Waals surface area contributed by atoms with Crippen LogP contribution in [-0.2, 0) is 52.7 Å². The number of hydrogen-bond donors (Lipinski definition) is 0. The van der Waals surface area contributed by atoms with Crippen molar-refractivity contribution in [2.24, 2.45) is 0 Å². The van der Waals surface area contributed by atoms with Gasteiger partial charge in [0, 0.05) is 34.1 Å². The zero-order valence-corrected chi connectivity index (χ0v) is 19.4. The molecule has 0 amide bonds. The van der Waals surface area contributed by atoms with Crippen LogP contribution in [0.25, 0.3) is 0 Å². The molecule has 0 aliphatic rings. The van der Waals surface area contributed by atoms with Crippen LogP contribution < -0.4 is 0 Å². The Bertz CT molecular complexity index is 393. The second-order valence-electron chi connectivity index (χ2n) is 2.92. The van der Waals surface area contributed by atoms with Crippen molar-refractivity contribution >= 4 is 32.0 Å². The van der Waals surface area contributed by atoms with E-state index < -0.39 is 0 Å². The van der Waals surface area contributed by atoms with E-state index in [0.717, 1.165) is 23.5 Å². The summed E-state index contributed by atoms with van der Waals surface area (Å²) in [6.07, 6.45) is 0. The third-order valence-electron chi connectivity index (χ3n) is 1.66. The van der Waals surface area contributed by atoms with Gasteiger partial charge < -0.3 is 0 Å². The second kappa shape index (κ2) is 56.9. The maximum Gasteiger partial charge on any atom is 0 e. The molecule has 0 spiro atoms. The van der Waals surface area contributed by atoms with Gasteiger partial charge in [0.05, 0.1) is 0 Å². The molecule has 4 radical (unpaired) electrons.